The number of unbranched alkanes of at least 4 members (excludes halogenated alkanes) is 1. The molecule has 2 aromatic carbocycles. The topological polar surface area (TPSA) is 90.5 Å². The summed E-state index contributed by atoms with van der Waals surface area (Å²) in [6.07, 6.45) is 5.00. The Morgan fingerprint density at radius 3 is 2.33 bits per heavy atom. The first-order valence-corrected chi connectivity index (χ1v) is 9.25. The number of hydrogen-bond donors (Lipinski definition) is 4. The molecule has 0 bridgehead atoms. The zero-order valence-corrected chi connectivity index (χ0v) is 15.6. The van der Waals surface area contributed by atoms with Crippen LogP contribution in [-0.2, 0) is 11.2 Å². The molecule has 0 aliphatic heterocycles. The number of hydrogen-bond acceptors (Lipinski definition) is 5. The van der Waals surface area contributed by atoms with Gasteiger partial charge in [-0.3, -0.25) is 10.0 Å². The lowest BCUT2D eigenvalue weighted by Crippen LogP contribution is -2.24. The Balaban J connectivity index is 1.79. The first-order chi connectivity index (χ1) is 13.2. The molecular weight excluding hydrogens is 342 g/mol. The Morgan fingerprint density at radius 1 is 1.07 bits per heavy atom. The molecule has 27 heavy (non-hydrogen) atoms. The molecule has 2 aromatic rings. The average Bonchev–Trinajstić information content (AvgIpc) is 2.72. The number of anilines is 2. The van der Waals surface area contributed by atoms with Gasteiger partial charge in [-0.05, 0) is 61.2 Å². The SMILES string of the molecule is CCCCc1ccc(NCCC(C=O)Nc2ccc(C(=O)NO)cc2)cc1. The molecule has 0 heterocycles. The van der Waals surface area contributed by atoms with E-state index in [9.17, 15) is 9.59 Å². The molecule has 0 fully saturated rings. The van der Waals surface area contributed by atoms with Crippen LogP contribution in [0.1, 0.15) is 42.1 Å². The van der Waals surface area contributed by atoms with Crippen molar-refractivity contribution >= 4 is 23.6 Å². The standard InChI is InChI=1S/C21H27N3O3/c1-2-3-4-16-5-9-18(10-6-16)22-14-13-20(15-25)23-19-11-7-17(8-12-19)21(26)24-27/h5-12,15,20,22-23,27H,2-4,13-14H2,1H3,(H,24,26). The highest BCUT2D eigenvalue weighted by Gasteiger charge is 2.08. The summed E-state index contributed by atoms with van der Waals surface area (Å²) in [5.74, 6) is -0.571. The van der Waals surface area contributed by atoms with Gasteiger partial charge in [0.1, 0.15) is 6.29 Å². The number of aryl methyl sites for hydroxylation is 1. The van der Waals surface area contributed by atoms with E-state index >= 15 is 0 Å². The molecule has 2 rings (SSSR count). The molecule has 6 heteroatoms. The molecular formula is C21H27N3O3. The molecule has 0 radical (unpaired) electrons. The Morgan fingerprint density at radius 2 is 1.74 bits per heavy atom. The van der Waals surface area contributed by atoms with E-state index in [1.165, 1.54) is 18.4 Å². The van der Waals surface area contributed by atoms with Crippen LogP contribution in [-0.4, -0.2) is 30.0 Å². The number of benzene rings is 2. The highest BCUT2D eigenvalue weighted by molar-refractivity contribution is 5.93. The zero-order chi connectivity index (χ0) is 19.5. The van der Waals surface area contributed by atoms with E-state index in [0.717, 1.165) is 24.1 Å². The first-order valence-electron chi connectivity index (χ1n) is 9.25. The summed E-state index contributed by atoms with van der Waals surface area (Å²) in [5.41, 5.74) is 5.05. The fourth-order valence-corrected chi connectivity index (χ4v) is 2.71. The number of carbonyl (C=O) groups excluding carboxylic acids is 2. The van der Waals surface area contributed by atoms with Gasteiger partial charge in [-0.25, -0.2) is 5.48 Å². The minimum Gasteiger partial charge on any atom is -0.385 e. The predicted molar refractivity (Wildman–Crippen MR) is 107 cm³/mol. The van der Waals surface area contributed by atoms with Gasteiger partial charge in [-0.15, -0.1) is 0 Å². The summed E-state index contributed by atoms with van der Waals surface area (Å²) >= 11 is 0. The maximum Gasteiger partial charge on any atom is 0.274 e. The van der Waals surface area contributed by atoms with Crippen molar-refractivity contribution in [2.24, 2.45) is 0 Å². The third-order valence-corrected chi connectivity index (χ3v) is 4.32. The monoisotopic (exact) mass is 369 g/mol. The van der Waals surface area contributed by atoms with Gasteiger partial charge in [-0.2, -0.15) is 0 Å². The Kier molecular flexibility index (Phi) is 8.32. The Bertz CT molecular complexity index is 714. The minimum absolute atomic E-state index is 0.334. The van der Waals surface area contributed by atoms with Crippen LogP contribution in [0.4, 0.5) is 11.4 Å². The number of nitrogens with one attached hydrogen (secondary N) is 3. The number of amides is 1. The van der Waals surface area contributed by atoms with Crippen LogP contribution >= 0.6 is 0 Å². The second-order valence-electron chi connectivity index (χ2n) is 6.42. The fraction of sp³-hybridized carbons (Fsp3) is 0.333. The van der Waals surface area contributed by atoms with Crippen LogP contribution in [0.2, 0.25) is 0 Å². The average molecular weight is 369 g/mol. The molecule has 144 valence electrons. The van der Waals surface area contributed by atoms with Gasteiger partial charge in [-0.1, -0.05) is 25.5 Å². The highest BCUT2D eigenvalue weighted by atomic mass is 16.5. The van der Waals surface area contributed by atoms with Gasteiger partial charge in [0.15, 0.2) is 0 Å². The summed E-state index contributed by atoms with van der Waals surface area (Å²) in [5, 5.41) is 15.1. The molecule has 0 aliphatic carbocycles. The van der Waals surface area contributed by atoms with E-state index in [1.54, 1.807) is 29.7 Å². The fourth-order valence-electron chi connectivity index (χ4n) is 2.71. The molecule has 1 atom stereocenters. The molecule has 1 unspecified atom stereocenters. The van der Waals surface area contributed by atoms with E-state index in [1.807, 2.05) is 0 Å². The van der Waals surface area contributed by atoms with Gasteiger partial charge >= 0.3 is 0 Å². The molecule has 0 saturated carbocycles. The molecule has 0 aliphatic rings. The second-order valence-corrected chi connectivity index (χ2v) is 6.42. The van der Waals surface area contributed by atoms with Crippen molar-refractivity contribution in [2.45, 2.75) is 38.6 Å². The van der Waals surface area contributed by atoms with Gasteiger partial charge in [0.05, 0.1) is 6.04 Å². The van der Waals surface area contributed by atoms with Crippen molar-refractivity contribution < 1.29 is 14.8 Å². The smallest absolute Gasteiger partial charge is 0.274 e. The summed E-state index contributed by atoms with van der Waals surface area (Å²) in [6.45, 7) is 2.85. The van der Waals surface area contributed by atoms with E-state index < -0.39 is 5.91 Å². The Hall–Kier alpha value is -2.86. The predicted octanol–water partition coefficient (Wildman–Crippen LogP) is 3.63. The van der Waals surface area contributed by atoms with Gasteiger partial charge in [0.2, 0.25) is 0 Å². The summed E-state index contributed by atoms with van der Waals surface area (Å²) in [4.78, 5) is 22.6. The van der Waals surface area contributed by atoms with Crippen molar-refractivity contribution in [1.29, 1.82) is 0 Å². The minimum atomic E-state index is -0.571. The first kappa shape index (κ1) is 20.5. The van der Waals surface area contributed by atoms with Gasteiger partial charge < -0.3 is 15.4 Å². The van der Waals surface area contributed by atoms with Crippen LogP contribution in [0, 0.1) is 0 Å². The largest absolute Gasteiger partial charge is 0.385 e. The van der Waals surface area contributed by atoms with E-state index in [0.29, 0.717) is 18.5 Å². The molecule has 0 saturated heterocycles. The van der Waals surface area contributed by atoms with E-state index in [4.69, 9.17) is 5.21 Å². The van der Waals surface area contributed by atoms with Crippen molar-refractivity contribution in [3.05, 3.63) is 59.7 Å². The summed E-state index contributed by atoms with van der Waals surface area (Å²) in [6, 6.07) is 14.6. The lowest BCUT2D eigenvalue weighted by molar-refractivity contribution is -0.108. The molecule has 0 spiro atoms. The third-order valence-electron chi connectivity index (χ3n) is 4.32. The lowest BCUT2D eigenvalue weighted by atomic mass is 10.1. The number of hydroxylamine groups is 1. The highest BCUT2D eigenvalue weighted by Crippen LogP contribution is 2.14. The van der Waals surface area contributed by atoms with Gasteiger partial charge in [0, 0.05) is 23.5 Å². The normalized spacial score (nSPS) is 11.5. The zero-order valence-electron chi connectivity index (χ0n) is 15.6. The Labute approximate surface area is 159 Å². The number of carbonyl (C=O) groups is 2. The van der Waals surface area contributed by atoms with Crippen molar-refractivity contribution in [2.75, 3.05) is 17.2 Å². The molecule has 6 nitrogen and oxygen atoms in total. The van der Waals surface area contributed by atoms with Crippen molar-refractivity contribution in [1.82, 2.24) is 5.48 Å². The van der Waals surface area contributed by atoms with Gasteiger partial charge in [0.25, 0.3) is 5.91 Å². The maximum absolute atomic E-state index is 11.3. The van der Waals surface area contributed by atoms with Crippen LogP contribution < -0.4 is 16.1 Å². The molecule has 4 N–H and O–H groups in total. The quantitative estimate of drug-likeness (QED) is 0.276. The van der Waals surface area contributed by atoms with Crippen LogP contribution in [0.5, 0.6) is 0 Å². The van der Waals surface area contributed by atoms with E-state index in [-0.39, 0.29) is 6.04 Å². The lowest BCUT2D eigenvalue weighted by Gasteiger charge is -2.15. The van der Waals surface area contributed by atoms with Crippen LogP contribution in [0.25, 0.3) is 0 Å². The second kappa shape index (κ2) is 11.0. The summed E-state index contributed by atoms with van der Waals surface area (Å²) in [7, 11) is 0. The van der Waals surface area contributed by atoms with Crippen LogP contribution in [0.15, 0.2) is 48.5 Å². The van der Waals surface area contributed by atoms with Crippen molar-refractivity contribution in [3.63, 3.8) is 0 Å². The molecule has 1 amide bonds. The third kappa shape index (κ3) is 6.75. The number of rotatable bonds is 11. The summed E-state index contributed by atoms with van der Waals surface area (Å²) < 4.78 is 0. The van der Waals surface area contributed by atoms with Crippen LogP contribution in [0.3, 0.4) is 0 Å². The number of aldehydes is 1. The maximum atomic E-state index is 11.3. The molecule has 0 aromatic heterocycles. The van der Waals surface area contributed by atoms with Crippen molar-refractivity contribution in [3.8, 4) is 0 Å². The van der Waals surface area contributed by atoms with E-state index in [2.05, 4.69) is 41.8 Å².